The first kappa shape index (κ1) is 21.5. The first-order valence-electron chi connectivity index (χ1n) is 9.55. The quantitative estimate of drug-likeness (QED) is 0.475. The summed E-state index contributed by atoms with van der Waals surface area (Å²) in [6.45, 7) is 8.07. The van der Waals surface area contributed by atoms with Crippen molar-refractivity contribution < 1.29 is 14.3 Å². The molecule has 28 heavy (non-hydrogen) atoms. The average molecular weight is 390 g/mol. The molecule has 1 aromatic rings. The molecule has 1 saturated heterocycles. The van der Waals surface area contributed by atoms with Gasteiger partial charge in [-0.2, -0.15) is 0 Å². The van der Waals surface area contributed by atoms with Crippen molar-refractivity contribution >= 4 is 23.4 Å². The van der Waals surface area contributed by atoms with Crippen LogP contribution in [0.1, 0.15) is 45.9 Å². The van der Waals surface area contributed by atoms with Gasteiger partial charge in [0.05, 0.1) is 5.57 Å². The van der Waals surface area contributed by atoms with E-state index < -0.39 is 11.7 Å². The van der Waals surface area contributed by atoms with Gasteiger partial charge in [0.15, 0.2) is 5.82 Å². The summed E-state index contributed by atoms with van der Waals surface area (Å²) in [7, 11) is 0. The van der Waals surface area contributed by atoms with Crippen LogP contribution in [0.2, 0.25) is 0 Å². The molecule has 0 bridgehead atoms. The third kappa shape index (κ3) is 6.71. The van der Waals surface area contributed by atoms with Crippen LogP contribution in [-0.4, -0.2) is 53.7 Å². The Bertz CT molecular complexity index is 708. The monoisotopic (exact) mass is 390 g/mol. The number of hydrogen-bond donors (Lipinski definition) is 3. The number of nitrogens with one attached hydrogen (secondary N) is 2. The summed E-state index contributed by atoms with van der Waals surface area (Å²) < 4.78 is 5.15. The zero-order valence-electron chi connectivity index (χ0n) is 16.8. The molecule has 9 heteroatoms. The van der Waals surface area contributed by atoms with Crippen LogP contribution in [0.15, 0.2) is 18.5 Å². The van der Waals surface area contributed by atoms with Crippen LogP contribution >= 0.6 is 0 Å². The fourth-order valence-electron chi connectivity index (χ4n) is 2.74. The normalized spacial score (nSPS) is 14.7. The minimum Gasteiger partial charge on any atom is -0.444 e. The average Bonchev–Trinajstić information content (AvgIpc) is 3.15. The molecule has 2 rings (SSSR count). The van der Waals surface area contributed by atoms with E-state index in [4.69, 9.17) is 10.5 Å². The topological polar surface area (TPSA) is 122 Å². The lowest BCUT2D eigenvalue weighted by atomic mass is 10.2. The molecule has 4 N–H and O–H groups in total. The number of rotatable bonds is 7. The SMILES string of the molecule is CC(C)(C)OC(=O)NCCCNC(=O)C(=CN)c1nccc(N2CCCC2)n1. The third-order valence-electron chi connectivity index (χ3n) is 4.03. The molecular formula is C19H30N6O3. The van der Waals surface area contributed by atoms with Gasteiger partial charge in [0, 0.05) is 38.6 Å². The van der Waals surface area contributed by atoms with Gasteiger partial charge in [0.2, 0.25) is 0 Å². The van der Waals surface area contributed by atoms with Crippen molar-refractivity contribution in [1.82, 2.24) is 20.6 Å². The van der Waals surface area contributed by atoms with E-state index in [-0.39, 0.29) is 11.5 Å². The Morgan fingerprint density at radius 2 is 1.93 bits per heavy atom. The predicted molar refractivity (Wildman–Crippen MR) is 108 cm³/mol. The van der Waals surface area contributed by atoms with E-state index in [1.165, 1.54) is 6.20 Å². The van der Waals surface area contributed by atoms with Crippen LogP contribution in [0, 0.1) is 0 Å². The summed E-state index contributed by atoms with van der Waals surface area (Å²) in [5.74, 6) is 0.755. The summed E-state index contributed by atoms with van der Waals surface area (Å²) >= 11 is 0. The fourth-order valence-corrected chi connectivity index (χ4v) is 2.74. The number of nitrogens with two attached hydrogens (primary N) is 1. The maximum Gasteiger partial charge on any atom is 0.407 e. The number of carbonyl (C=O) groups is 2. The second kappa shape index (κ2) is 9.91. The van der Waals surface area contributed by atoms with Crippen molar-refractivity contribution in [2.45, 2.75) is 45.6 Å². The Balaban J connectivity index is 1.81. The predicted octanol–water partition coefficient (Wildman–Crippen LogP) is 1.41. The van der Waals surface area contributed by atoms with E-state index in [0.29, 0.717) is 25.3 Å². The van der Waals surface area contributed by atoms with Gasteiger partial charge in [-0.05, 0) is 46.1 Å². The number of hydrogen-bond acceptors (Lipinski definition) is 7. The van der Waals surface area contributed by atoms with Crippen molar-refractivity contribution in [1.29, 1.82) is 0 Å². The van der Waals surface area contributed by atoms with Gasteiger partial charge < -0.3 is 26.0 Å². The second-order valence-electron chi connectivity index (χ2n) is 7.55. The maximum absolute atomic E-state index is 12.4. The van der Waals surface area contributed by atoms with Crippen LogP contribution in [0.5, 0.6) is 0 Å². The van der Waals surface area contributed by atoms with E-state index in [1.807, 2.05) is 6.07 Å². The summed E-state index contributed by atoms with van der Waals surface area (Å²) in [4.78, 5) is 34.8. The van der Waals surface area contributed by atoms with Crippen molar-refractivity contribution in [3.63, 3.8) is 0 Å². The largest absolute Gasteiger partial charge is 0.444 e. The van der Waals surface area contributed by atoms with Crippen LogP contribution in [0.4, 0.5) is 10.6 Å². The molecule has 1 fully saturated rings. The van der Waals surface area contributed by atoms with Crippen molar-refractivity contribution in [2.75, 3.05) is 31.1 Å². The Labute approximate surface area is 165 Å². The number of ether oxygens (including phenoxy) is 1. The number of nitrogens with zero attached hydrogens (tertiary/aromatic N) is 3. The van der Waals surface area contributed by atoms with E-state index in [9.17, 15) is 9.59 Å². The molecule has 1 aliphatic heterocycles. The van der Waals surface area contributed by atoms with E-state index in [2.05, 4.69) is 25.5 Å². The summed E-state index contributed by atoms with van der Waals surface area (Å²) in [5, 5.41) is 5.41. The Morgan fingerprint density at radius 3 is 2.57 bits per heavy atom. The molecule has 2 amide bonds. The Kier molecular flexibility index (Phi) is 7.60. The highest BCUT2D eigenvalue weighted by atomic mass is 16.6. The zero-order chi connectivity index (χ0) is 20.6. The van der Waals surface area contributed by atoms with Gasteiger partial charge in [0.25, 0.3) is 5.91 Å². The molecule has 1 aliphatic rings. The zero-order valence-corrected chi connectivity index (χ0v) is 16.8. The lowest BCUT2D eigenvalue weighted by molar-refractivity contribution is -0.115. The molecule has 0 spiro atoms. The molecule has 0 saturated carbocycles. The summed E-state index contributed by atoms with van der Waals surface area (Å²) in [6, 6.07) is 1.84. The molecule has 0 aliphatic carbocycles. The van der Waals surface area contributed by atoms with Crippen LogP contribution < -0.4 is 21.3 Å². The first-order valence-corrected chi connectivity index (χ1v) is 9.55. The smallest absolute Gasteiger partial charge is 0.407 e. The molecule has 1 aromatic heterocycles. The summed E-state index contributed by atoms with van der Waals surface area (Å²) in [5.41, 5.74) is 5.33. The van der Waals surface area contributed by atoms with Crippen molar-refractivity contribution in [2.24, 2.45) is 5.73 Å². The fraction of sp³-hybridized carbons (Fsp3) is 0.579. The minimum atomic E-state index is -0.539. The molecule has 2 heterocycles. The highest BCUT2D eigenvalue weighted by Crippen LogP contribution is 2.19. The van der Waals surface area contributed by atoms with Gasteiger partial charge in [-0.25, -0.2) is 14.8 Å². The lowest BCUT2D eigenvalue weighted by Crippen LogP contribution is -2.34. The number of aromatic nitrogens is 2. The highest BCUT2D eigenvalue weighted by molar-refractivity contribution is 6.18. The van der Waals surface area contributed by atoms with Gasteiger partial charge >= 0.3 is 6.09 Å². The molecule has 9 nitrogen and oxygen atoms in total. The van der Waals surface area contributed by atoms with Gasteiger partial charge in [-0.15, -0.1) is 0 Å². The number of alkyl carbamates (subject to hydrolysis) is 1. The lowest BCUT2D eigenvalue weighted by Gasteiger charge is -2.19. The van der Waals surface area contributed by atoms with E-state index >= 15 is 0 Å². The third-order valence-corrected chi connectivity index (χ3v) is 4.03. The maximum atomic E-state index is 12.4. The number of amides is 2. The Morgan fingerprint density at radius 1 is 1.25 bits per heavy atom. The number of anilines is 1. The van der Waals surface area contributed by atoms with Crippen LogP contribution in [0.3, 0.4) is 0 Å². The molecule has 0 aromatic carbocycles. The van der Waals surface area contributed by atoms with Crippen molar-refractivity contribution in [3.05, 3.63) is 24.3 Å². The Hall–Kier alpha value is -2.84. The molecular weight excluding hydrogens is 360 g/mol. The second-order valence-corrected chi connectivity index (χ2v) is 7.55. The summed E-state index contributed by atoms with van der Waals surface area (Å²) in [6.07, 6.45) is 5.20. The van der Waals surface area contributed by atoms with Gasteiger partial charge in [0.1, 0.15) is 11.4 Å². The highest BCUT2D eigenvalue weighted by Gasteiger charge is 2.18. The minimum absolute atomic E-state index is 0.223. The molecule has 0 atom stereocenters. The first-order chi connectivity index (χ1) is 13.3. The number of carbonyl (C=O) groups excluding carboxylic acids is 2. The van der Waals surface area contributed by atoms with Crippen molar-refractivity contribution in [3.8, 4) is 0 Å². The molecule has 0 unspecified atom stereocenters. The van der Waals surface area contributed by atoms with Gasteiger partial charge in [-0.1, -0.05) is 0 Å². The molecule has 154 valence electrons. The van der Waals surface area contributed by atoms with Crippen LogP contribution in [-0.2, 0) is 9.53 Å². The van der Waals surface area contributed by atoms with E-state index in [1.54, 1.807) is 27.0 Å². The standard InChI is InChI=1S/C19H30N6O3/c1-19(2,3)28-18(27)23-9-6-8-22-17(26)14(13-20)16-21-10-7-15(24-16)25-11-4-5-12-25/h7,10,13H,4-6,8-9,11-12,20H2,1-3H3,(H,22,26)(H,23,27). The van der Waals surface area contributed by atoms with E-state index in [0.717, 1.165) is 31.7 Å². The van der Waals surface area contributed by atoms with Crippen LogP contribution in [0.25, 0.3) is 5.57 Å². The molecule has 0 radical (unpaired) electrons. The van der Waals surface area contributed by atoms with Gasteiger partial charge in [-0.3, -0.25) is 4.79 Å².